The number of anilines is 1. The van der Waals surface area contributed by atoms with E-state index >= 15 is 0 Å². The van der Waals surface area contributed by atoms with Gasteiger partial charge < -0.3 is 9.88 Å². The van der Waals surface area contributed by atoms with E-state index in [1.807, 2.05) is 12.1 Å². The minimum Gasteiger partial charge on any atom is -0.317 e. The Morgan fingerprint density at radius 2 is 1.58 bits per heavy atom. The summed E-state index contributed by atoms with van der Waals surface area (Å²) in [4.78, 5) is 26.0. The van der Waals surface area contributed by atoms with Crippen molar-refractivity contribution < 1.29 is 14.0 Å². The fourth-order valence-electron chi connectivity index (χ4n) is 2.84. The molecule has 0 atom stereocenters. The van der Waals surface area contributed by atoms with Crippen molar-refractivity contribution in [2.75, 3.05) is 4.90 Å². The fourth-order valence-corrected chi connectivity index (χ4v) is 2.84. The van der Waals surface area contributed by atoms with Gasteiger partial charge in [0, 0.05) is 17.6 Å². The Morgan fingerprint density at radius 1 is 0.846 bits per heavy atom. The zero-order valence-corrected chi connectivity index (χ0v) is 13.6. The molecule has 1 aliphatic rings. The van der Waals surface area contributed by atoms with Crippen LogP contribution in [-0.2, 0) is 4.79 Å². The number of halogens is 1. The molecule has 0 aliphatic carbocycles. The van der Waals surface area contributed by atoms with E-state index in [4.69, 9.17) is 0 Å². The molecule has 4 rings (SSSR count). The molecule has 5 nitrogen and oxygen atoms in total. The number of rotatable bonds is 3. The van der Waals surface area contributed by atoms with Crippen molar-refractivity contribution in [2.24, 2.45) is 0 Å². The number of carbonyl (C=O) groups excluding carboxylic acids is 2. The summed E-state index contributed by atoms with van der Waals surface area (Å²) in [5.74, 6) is -0.745. The van der Waals surface area contributed by atoms with Gasteiger partial charge in [-0.1, -0.05) is 18.2 Å². The van der Waals surface area contributed by atoms with Gasteiger partial charge in [-0.3, -0.25) is 4.79 Å². The van der Waals surface area contributed by atoms with Gasteiger partial charge in [0.25, 0.3) is 5.91 Å². The highest BCUT2D eigenvalue weighted by molar-refractivity contribution is 6.28. The molecule has 26 heavy (non-hydrogen) atoms. The number of amides is 3. The average Bonchev–Trinajstić information content (AvgIpc) is 3.21. The molecule has 0 spiro atoms. The maximum atomic E-state index is 13.1. The highest BCUT2D eigenvalue weighted by Crippen LogP contribution is 2.23. The normalized spacial score (nSPS) is 15.6. The van der Waals surface area contributed by atoms with E-state index in [1.165, 1.54) is 12.1 Å². The highest BCUT2D eigenvalue weighted by atomic mass is 19.1. The molecule has 1 saturated heterocycles. The van der Waals surface area contributed by atoms with Crippen molar-refractivity contribution in [3.8, 4) is 5.69 Å². The lowest BCUT2D eigenvalue weighted by Crippen LogP contribution is -2.30. The molecule has 1 aliphatic heterocycles. The molecule has 0 bridgehead atoms. The summed E-state index contributed by atoms with van der Waals surface area (Å²) in [7, 11) is 0. The van der Waals surface area contributed by atoms with Crippen LogP contribution in [0.15, 0.2) is 78.6 Å². The molecule has 1 N–H and O–H groups in total. The van der Waals surface area contributed by atoms with Gasteiger partial charge >= 0.3 is 6.03 Å². The van der Waals surface area contributed by atoms with Crippen LogP contribution >= 0.6 is 0 Å². The number of hydrogen-bond donors (Lipinski definition) is 1. The van der Waals surface area contributed by atoms with Crippen LogP contribution in [0.25, 0.3) is 11.8 Å². The number of nitrogens with one attached hydrogen (secondary N) is 1. The molecule has 3 amide bonds. The first-order valence-electron chi connectivity index (χ1n) is 7.99. The number of hydrogen-bond acceptors (Lipinski definition) is 2. The second-order valence-electron chi connectivity index (χ2n) is 5.74. The zero-order chi connectivity index (χ0) is 18.1. The SMILES string of the molecule is O=C1N/C(=C/c2cccn2-c2ccc(F)cc2)C(=O)N1c1ccccc1. The van der Waals surface area contributed by atoms with E-state index in [-0.39, 0.29) is 11.5 Å². The van der Waals surface area contributed by atoms with Gasteiger partial charge in [0.05, 0.1) is 5.69 Å². The molecule has 128 valence electrons. The van der Waals surface area contributed by atoms with Crippen LogP contribution in [0.5, 0.6) is 0 Å². The van der Waals surface area contributed by atoms with Gasteiger partial charge in [-0.15, -0.1) is 0 Å². The van der Waals surface area contributed by atoms with Crippen LogP contribution in [0.1, 0.15) is 5.69 Å². The van der Waals surface area contributed by atoms with Crippen LogP contribution < -0.4 is 10.2 Å². The summed E-state index contributed by atoms with van der Waals surface area (Å²) in [6, 6.07) is 17.9. The van der Waals surface area contributed by atoms with Crippen molar-refractivity contribution in [3.63, 3.8) is 0 Å². The minimum absolute atomic E-state index is 0.181. The lowest BCUT2D eigenvalue weighted by atomic mass is 10.2. The van der Waals surface area contributed by atoms with Crippen LogP contribution in [-0.4, -0.2) is 16.5 Å². The first-order chi connectivity index (χ1) is 12.6. The van der Waals surface area contributed by atoms with E-state index < -0.39 is 11.9 Å². The Balaban J connectivity index is 1.68. The van der Waals surface area contributed by atoms with Crippen molar-refractivity contribution in [1.82, 2.24) is 9.88 Å². The van der Waals surface area contributed by atoms with Gasteiger partial charge in [0.1, 0.15) is 11.5 Å². The van der Waals surface area contributed by atoms with E-state index in [0.717, 1.165) is 10.6 Å². The molecule has 6 heteroatoms. The predicted octanol–water partition coefficient (Wildman–Crippen LogP) is 3.71. The number of para-hydroxylation sites is 1. The molecule has 1 fully saturated rings. The Kier molecular flexibility index (Phi) is 3.85. The quantitative estimate of drug-likeness (QED) is 0.580. The standard InChI is InChI=1S/C20H14FN3O2/c21-14-8-10-15(11-9-14)23-12-4-7-17(23)13-18-19(25)24(20(26)22-18)16-5-2-1-3-6-16/h1-13H,(H,22,26)/b18-13+. The van der Waals surface area contributed by atoms with Gasteiger partial charge in [-0.2, -0.15) is 0 Å². The molecule has 2 heterocycles. The minimum atomic E-state index is -0.493. The van der Waals surface area contributed by atoms with E-state index in [9.17, 15) is 14.0 Å². The molecule has 3 aromatic rings. The number of nitrogens with zero attached hydrogens (tertiary/aromatic N) is 2. The molecule has 1 aromatic heterocycles. The molecule has 0 radical (unpaired) electrons. The molecular weight excluding hydrogens is 333 g/mol. The second kappa shape index (κ2) is 6.33. The monoisotopic (exact) mass is 347 g/mol. The van der Waals surface area contributed by atoms with E-state index in [1.54, 1.807) is 59.3 Å². The molecule has 2 aromatic carbocycles. The van der Waals surface area contributed by atoms with Crippen LogP contribution in [0, 0.1) is 5.82 Å². The summed E-state index contributed by atoms with van der Waals surface area (Å²) in [6.07, 6.45) is 3.41. The third kappa shape index (κ3) is 2.77. The highest BCUT2D eigenvalue weighted by Gasteiger charge is 2.34. The van der Waals surface area contributed by atoms with Gasteiger partial charge in [0.2, 0.25) is 0 Å². The van der Waals surface area contributed by atoms with E-state index in [0.29, 0.717) is 11.4 Å². The Morgan fingerprint density at radius 3 is 2.31 bits per heavy atom. The summed E-state index contributed by atoms with van der Waals surface area (Å²) < 4.78 is 14.9. The Bertz CT molecular complexity index is 1010. The lowest BCUT2D eigenvalue weighted by molar-refractivity contribution is -0.113. The van der Waals surface area contributed by atoms with Crippen molar-refractivity contribution in [1.29, 1.82) is 0 Å². The first kappa shape index (κ1) is 15.8. The topological polar surface area (TPSA) is 54.3 Å². The summed E-state index contributed by atoms with van der Waals surface area (Å²) >= 11 is 0. The Labute approximate surface area is 149 Å². The largest absolute Gasteiger partial charge is 0.333 e. The average molecular weight is 347 g/mol. The van der Waals surface area contributed by atoms with Crippen LogP contribution in [0.4, 0.5) is 14.9 Å². The van der Waals surface area contributed by atoms with Crippen molar-refractivity contribution in [2.45, 2.75) is 0 Å². The number of benzene rings is 2. The molecular formula is C20H14FN3O2. The summed E-state index contributed by atoms with van der Waals surface area (Å²) in [5, 5.41) is 2.60. The summed E-state index contributed by atoms with van der Waals surface area (Å²) in [6.45, 7) is 0. The van der Waals surface area contributed by atoms with Gasteiger partial charge in [-0.05, 0) is 54.6 Å². The molecule has 0 saturated carbocycles. The first-order valence-corrected chi connectivity index (χ1v) is 7.99. The fraction of sp³-hybridized carbons (Fsp3) is 0. The van der Waals surface area contributed by atoms with E-state index in [2.05, 4.69) is 5.32 Å². The third-order valence-corrected chi connectivity index (χ3v) is 4.07. The summed E-state index contributed by atoms with van der Waals surface area (Å²) in [5.41, 5.74) is 2.13. The number of urea groups is 1. The number of imide groups is 1. The maximum absolute atomic E-state index is 13.1. The molecule has 0 unspecified atom stereocenters. The Hall–Kier alpha value is -3.67. The van der Waals surface area contributed by atoms with Crippen molar-refractivity contribution in [3.05, 3.63) is 90.1 Å². The number of carbonyl (C=O) groups is 2. The zero-order valence-electron chi connectivity index (χ0n) is 13.6. The smallest absolute Gasteiger partial charge is 0.317 e. The van der Waals surface area contributed by atoms with Crippen molar-refractivity contribution >= 4 is 23.7 Å². The van der Waals surface area contributed by atoms with Gasteiger partial charge in [-0.25, -0.2) is 14.1 Å². The third-order valence-electron chi connectivity index (χ3n) is 4.07. The van der Waals surface area contributed by atoms with Crippen LogP contribution in [0.3, 0.4) is 0 Å². The second-order valence-corrected chi connectivity index (χ2v) is 5.74. The lowest BCUT2D eigenvalue weighted by Gasteiger charge is -2.11. The van der Waals surface area contributed by atoms with Crippen LogP contribution in [0.2, 0.25) is 0 Å². The predicted molar refractivity (Wildman–Crippen MR) is 96.2 cm³/mol. The van der Waals surface area contributed by atoms with Gasteiger partial charge in [0.15, 0.2) is 0 Å². The maximum Gasteiger partial charge on any atom is 0.333 e. The number of aromatic nitrogens is 1.